The van der Waals surface area contributed by atoms with Crippen LogP contribution in [0.4, 0.5) is 14.6 Å². The van der Waals surface area contributed by atoms with Gasteiger partial charge in [0, 0.05) is 6.92 Å². The van der Waals surface area contributed by atoms with Crippen molar-refractivity contribution >= 4 is 11.7 Å². The lowest BCUT2D eigenvalue weighted by Crippen LogP contribution is -2.56. The zero-order chi connectivity index (χ0) is 21.8. The van der Waals surface area contributed by atoms with E-state index in [1.54, 1.807) is 6.92 Å². The molecule has 3 aliphatic rings. The molecule has 2 saturated carbocycles. The van der Waals surface area contributed by atoms with Gasteiger partial charge in [-0.05, 0) is 44.4 Å². The number of nitrogens with zero attached hydrogens (tertiary/aromatic N) is 5. The van der Waals surface area contributed by atoms with Crippen LogP contribution in [-0.4, -0.2) is 51.6 Å². The summed E-state index contributed by atoms with van der Waals surface area (Å²) in [5.41, 5.74) is -0.752. The minimum atomic E-state index is -2.75. The summed E-state index contributed by atoms with van der Waals surface area (Å²) in [6.07, 6.45) is 5.30. The number of amides is 1. The van der Waals surface area contributed by atoms with Crippen LogP contribution in [0.25, 0.3) is 0 Å². The largest absolute Gasteiger partial charge is 0.475 e. The summed E-state index contributed by atoms with van der Waals surface area (Å²) in [5, 5.41) is 6.98. The number of halogens is 2. The smallest absolute Gasteiger partial charge is 0.282 e. The van der Waals surface area contributed by atoms with Crippen LogP contribution in [0.15, 0.2) is 10.7 Å². The topological polar surface area (TPSA) is 106 Å². The second-order valence-corrected chi connectivity index (χ2v) is 8.92. The van der Waals surface area contributed by atoms with Gasteiger partial charge in [-0.3, -0.25) is 4.79 Å². The van der Waals surface area contributed by atoms with E-state index < -0.39 is 30.5 Å². The third-order valence-corrected chi connectivity index (χ3v) is 6.01. The van der Waals surface area contributed by atoms with Crippen molar-refractivity contribution in [3.63, 3.8) is 0 Å². The van der Waals surface area contributed by atoms with Gasteiger partial charge in [0.2, 0.25) is 5.89 Å². The Labute approximate surface area is 177 Å². The number of anilines is 1. The molecular weight excluding hydrogens is 410 g/mol. The molecule has 9 nitrogen and oxygen atoms in total. The Kier molecular flexibility index (Phi) is 4.60. The first-order valence-electron chi connectivity index (χ1n) is 10.5. The first-order chi connectivity index (χ1) is 14.7. The number of carbonyl (C=O) groups is 1. The molecule has 2 aromatic rings. The fraction of sp³-hybridized carbons (Fsp3) is 0.650. The molecule has 1 N–H and O–H groups in total. The molecule has 1 amide bonds. The first kappa shape index (κ1) is 20.1. The molecule has 0 spiro atoms. The number of alkyl halides is 2. The van der Waals surface area contributed by atoms with E-state index >= 15 is 0 Å². The number of rotatable bonds is 8. The third kappa shape index (κ3) is 4.05. The number of ether oxygens (including phenoxy) is 1. The van der Waals surface area contributed by atoms with Gasteiger partial charge in [0.25, 0.3) is 17.7 Å². The minimum Gasteiger partial charge on any atom is -0.475 e. The molecule has 1 saturated heterocycles. The highest BCUT2D eigenvalue weighted by Crippen LogP contribution is 2.45. The van der Waals surface area contributed by atoms with Crippen LogP contribution in [0.1, 0.15) is 54.8 Å². The summed E-state index contributed by atoms with van der Waals surface area (Å²) in [6.45, 7) is 3.10. The average Bonchev–Trinajstić information content (AvgIpc) is 3.62. The summed E-state index contributed by atoms with van der Waals surface area (Å²) in [7, 11) is 0. The first-order valence-corrected chi connectivity index (χ1v) is 10.5. The zero-order valence-corrected chi connectivity index (χ0v) is 17.4. The molecule has 3 heterocycles. The van der Waals surface area contributed by atoms with Crippen LogP contribution in [0, 0.1) is 18.8 Å². The van der Waals surface area contributed by atoms with Crippen molar-refractivity contribution in [2.75, 3.05) is 24.6 Å². The summed E-state index contributed by atoms with van der Waals surface area (Å²) in [4.78, 5) is 27.4. The molecule has 5 rings (SSSR count). The van der Waals surface area contributed by atoms with Crippen molar-refractivity contribution in [3.05, 3.63) is 23.6 Å². The standard InChI is InChI=1S/C20H24F2N6O3/c1-11-24-18(27-31-11)19(2,13-5-6-13)26-16(29)14-7-23-15(28-9-20(21,22)10-28)17(25-14)30-8-12-3-4-12/h7,12-13H,3-6,8-10H2,1-2H3,(H,26,29)/t19-/m1/s1. The second kappa shape index (κ2) is 7.10. The van der Waals surface area contributed by atoms with E-state index in [0.29, 0.717) is 24.2 Å². The number of aryl methyl sites for hydroxylation is 1. The highest BCUT2D eigenvalue weighted by atomic mass is 19.3. The maximum Gasteiger partial charge on any atom is 0.282 e. The maximum atomic E-state index is 13.4. The molecule has 1 atom stereocenters. The summed E-state index contributed by atoms with van der Waals surface area (Å²) >= 11 is 0. The highest BCUT2D eigenvalue weighted by molar-refractivity contribution is 5.93. The molecule has 11 heteroatoms. The number of carbonyl (C=O) groups excluding carboxylic acids is 1. The second-order valence-electron chi connectivity index (χ2n) is 8.92. The summed E-state index contributed by atoms with van der Waals surface area (Å²) < 4.78 is 37.6. The monoisotopic (exact) mass is 434 g/mol. The van der Waals surface area contributed by atoms with Crippen molar-refractivity contribution in [2.45, 2.75) is 51.0 Å². The third-order valence-electron chi connectivity index (χ3n) is 6.01. The molecule has 3 fully saturated rings. The van der Waals surface area contributed by atoms with Crippen LogP contribution >= 0.6 is 0 Å². The maximum absolute atomic E-state index is 13.4. The summed E-state index contributed by atoms with van der Waals surface area (Å²) in [5.74, 6) is -1.40. The van der Waals surface area contributed by atoms with Gasteiger partial charge in [0.05, 0.1) is 25.9 Å². The lowest BCUT2D eigenvalue weighted by atomic mass is 9.94. The molecule has 0 aromatic carbocycles. The Balaban J connectivity index is 1.38. The van der Waals surface area contributed by atoms with E-state index in [-0.39, 0.29) is 23.3 Å². The SMILES string of the molecule is Cc1nc([C@](C)(NC(=O)c2cnc(N3CC(F)(F)C3)c(OCC3CC3)n2)C2CC2)no1. The summed E-state index contributed by atoms with van der Waals surface area (Å²) in [6, 6.07) is 0. The highest BCUT2D eigenvalue weighted by Gasteiger charge is 2.48. The van der Waals surface area contributed by atoms with Crippen LogP contribution in [-0.2, 0) is 5.54 Å². The van der Waals surface area contributed by atoms with E-state index in [2.05, 4.69) is 25.4 Å². The predicted molar refractivity (Wildman–Crippen MR) is 104 cm³/mol. The van der Waals surface area contributed by atoms with Crippen molar-refractivity contribution in [3.8, 4) is 5.88 Å². The van der Waals surface area contributed by atoms with Crippen LogP contribution in [0.2, 0.25) is 0 Å². The van der Waals surface area contributed by atoms with Crippen molar-refractivity contribution in [2.24, 2.45) is 11.8 Å². The lowest BCUT2D eigenvalue weighted by Gasteiger charge is -2.39. The van der Waals surface area contributed by atoms with E-state index in [4.69, 9.17) is 9.26 Å². The Hall–Kier alpha value is -2.85. The van der Waals surface area contributed by atoms with Gasteiger partial charge >= 0.3 is 0 Å². The number of nitrogens with one attached hydrogen (secondary N) is 1. The van der Waals surface area contributed by atoms with Crippen LogP contribution in [0.5, 0.6) is 5.88 Å². The van der Waals surface area contributed by atoms with Gasteiger partial charge < -0.3 is 19.5 Å². The van der Waals surface area contributed by atoms with Crippen molar-refractivity contribution < 1.29 is 22.8 Å². The predicted octanol–water partition coefficient (Wildman–Crippen LogP) is 2.47. The van der Waals surface area contributed by atoms with E-state index in [1.165, 1.54) is 11.1 Å². The molecular formula is C20H24F2N6O3. The van der Waals surface area contributed by atoms with Gasteiger partial charge in [0.1, 0.15) is 5.54 Å². The molecule has 2 aliphatic carbocycles. The normalized spacial score (nSPS) is 21.9. The Bertz CT molecular complexity index is 999. The molecule has 1 aliphatic heterocycles. The molecule has 0 radical (unpaired) electrons. The van der Waals surface area contributed by atoms with Gasteiger partial charge in [-0.1, -0.05) is 5.16 Å². The lowest BCUT2D eigenvalue weighted by molar-refractivity contribution is -0.0270. The van der Waals surface area contributed by atoms with Crippen molar-refractivity contribution in [1.29, 1.82) is 0 Å². The fourth-order valence-electron chi connectivity index (χ4n) is 3.74. The van der Waals surface area contributed by atoms with Gasteiger partial charge in [-0.25, -0.2) is 18.7 Å². The van der Waals surface area contributed by atoms with Crippen LogP contribution < -0.4 is 15.0 Å². The Morgan fingerprint density at radius 1 is 1.32 bits per heavy atom. The van der Waals surface area contributed by atoms with E-state index in [9.17, 15) is 13.6 Å². The number of hydrogen-bond donors (Lipinski definition) is 1. The number of hydrogen-bond acceptors (Lipinski definition) is 8. The Morgan fingerprint density at radius 2 is 2.06 bits per heavy atom. The minimum absolute atomic E-state index is 0.0499. The van der Waals surface area contributed by atoms with Gasteiger partial charge in [-0.15, -0.1) is 0 Å². The quantitative estimate of drug-likeness (QED) is 0.675. The molecule has 2 aromatic heterocycles. The Morgan fingerprint density at radius 3 is 2.65 bits per heavy atom. The molecule has 0 bridgehead atoms. The van der Waals surface area contributed by atoms with Gasteiger partial charge in [0.15, 0.2) is 17.3 Å². The zero-order valence-electron chi connectivity index (χ0n) is 17.4. The molecule has 31 heavy (non-hydrogen) atoms. The van der Waals surface area contributed by atoms with Crippen molar-refractivity contribution in [1.82, 2.24) is 25.4 Å². The van der Waals surface area contributed by atoms with Gasteiger partial charge in [-0.2, -0.15) is 4.98 Å². The number of aromatic nitrogens is 4. The molecule has 166 valence electrons. The van der Waals surface area contributed by atoms with E-state index in [1.807, 2.05) is 6.92 Å². The van der Waals surface area contributed by atoms with Crippen LogP contribution in [0.3, 0.4) is 0 Å². The fourth-order valence-corrected chi connectivity index (χ4v) is 3.74. The van der Waals surface area contributed by atoms with E-state index in [0.717, 1.165) is 25.7 Å². The average molecular weight is 434 g/mol. The molecule has 0 unspecified atom stereocenters.